The fraction of sp³-hybridized carbons (Fsp3) is 0.354. The summed E-state index contributed by atoms with van der Waals surface area (Å²) in [6, 6.07) is 46.5. The summed E-state index contributed by atoms with van der Waals surface area (Å²) in [5.74, 6) is 0.380. The third-order valence-electron chi connectivity index (χ3n) is 19.3. The number of anilines is 1. The molecular weight excluding hydrogens is 1600 g/mol. The third-order valence-corrected chi connectivity index (χ3v) is 24.9. The normalized spacial score (nSPS) is 20.8. The second-order valence-electron chi connectivity index (χ2n) is 27.7. The van der Waals surface area contributed by atoms with Gasteiger partial charge in [-0.3, -0.25) is 56.1 Å². The Labute approximate surface area is 676 Å². The standard InChI is InChI=1S/C79H84Cl2N11O21P3/c1-48(2)92(49(3)4)114(103-37-19-36-82)109-62-38-68(89-41-50(5)74(93)87-77(89)96)107-66(62)44-104-115(98,110-60-26-17-15-24-58(60)80)113-64-39-69(90-42-51(6)75(94)88-78(90)97)108-67(64)45-105-116(99,111-61-27-18-16-25-59(61)81)112-63-40-70(91-47-85-71-72(83-46-84-73(71)91)86-76(95)52-20-11-9-12-21-52)106-65(63)43-102-79(53-22-13-10-14-23-53,54-28-32-56(100-7)33-29-54)55-30-34-57(101-8)35-31-55/h9-18,20-35,41-42,46-49,62-70H,19,37-40,43-45H2,1-8H3,(H,87,93,96)(H,88,94,97)(H,83,84,86,95)/t62-,63-,64-,65+,66+,67+,68+,69+,70+,114?,115?,116?/m0/s1. The molecule has 10 aromatic rings. The van der Waals surface area contributed by atoms with Crippen LogP contribution in [-0.2, 0) is 60.8 Å². The minimum absolute atomic E-state index is 0.0167. The number of nitrogens with one attached hydrogen (secondary N) is 3. The lowest BCUT2D eigenvalue weighted by molar-refractivity contribution is -0.0937. The molecule has 12 atom stereocenters. The number of H-pyrrole nitrogens is 2. The number of halogens is 2. The number of carbonyl (C=O) groups is 1. The first kappa shape index (κ1) is 84.3. The Morgan fingerprint density at radius 1 is 0.621 bits per heavy atom. The Morgan fingerprint density at radius 3 is 1.57 bits per heavy atom. The van der Waals surface area contributed by atoms with Crippen LogP contribution in [0.2, 0.25) is 10.0 Å². The van der Waals surface area contributed by atoms with Crippen molar-refractivity contribution in [3.63, 3.8) is 0 Å². The van der Waals surface area contributed by atoms with Crippen LogP contribution in [0.4, 0.5) is 5.82 Å². The first-order valence-electron chi connectivity index (χ1n) is 37.0. The lowest BCUT2D eigenvalue weighted by Gasteiger charge is -2.37. The van der Waals surface area contributed by atoms with Gasteiger partial charge in [-0.05, 0) is 119 Å². The van der Waals surface area contributed by atoms with Crippen molar-refractivity contribution in [3.05, 3.63) is 268 Å². The van der Waals surface area contributed by atoms with Gasteiger partial charge in [-0.15, -0.1) is 0 Å². The van der Waals surface area contributed by atoms with Gasteiger partial charge in [0, 0.05) is 60.4 Å². The summed E-state index contributed by atoms with van der Waals surface area (Å²) in [7, 11) is -9.44. The van der Waals surface area contributed by atoms with E-state index >= 15 is 9.13 Å². The lowest BCUT2D eigenvalue weighted by atomic mass is 9.80. The van der Waals surface area contributed by atoms with Crippen LogP contribution in [0.1, 0.15) is 110 Å². The number of ether oxygens (including phenoxy) is 6. The van der Waals surface area contributed by atoms with E-state index in [0.29, 0.717) is 33.8 Å². The summed E-state index contributed by atoms with van der Waals surface area (Å²) >= 11 is 13.6. The van der Waals surface area contributed by atoms with Crippen LogP contribution in [0, 0.1) is 25.2 Å². The van der Waals surface area contributed by atoms with Gasteiger partial charge >= 0.3 is 27.0 Å². The molecule has 1 amide bonds. The predicted molar refractivity (Wildman–Crippen MR) is 427 cm³/mol. The molecule has 3 saturated heterocycles. The monoisotopic (exact) mass is 1690 g/mol. The molecule has 3 aliphatic rings. The molecule has 0 bridgehead atoms. The Balaban J connectivity index is 0.877. The molecule has 37 heteroatoms. The molecule has 3 fully saturated rings. The number of amides is 1. The van der Waals surface area contributed by atoms with Crippen molar-refractivity contribution in [3.8, 4) is 29.1 Å². The van der Waals surface area contributed by atoms with E-state index in [1.54, 1.807) is 97.6 Å². The molecule has 116 heavy (non-hydrogen) atoms. The topological polar surface area (TPSA) is 373 Å². The number of para-hydroxylation sites is 2. The summed E-state index contributed by atoms with van der Waals surface area (Å²) in [4.78, 5) is 85.2. The van der Waals surface area contributed by atoms with Crippen LogP contribution in [0.15, 0.2) is 202 Å². The average Bonchev–Trinajstić information content (AvgIpc) is 0.887. The van der Waals surface area contributed by atoms with Crippen molar-refractivity contribution in [2.45, 2.75) is 140 Å². The molecule has 0 saturated carbocycles. The van der Waals surface area contributed by atoms with Crippen molar-refractivity contribution >= 4 is 70.3 Å². The number of nitrogens with zero attached hydrogens (tertiary/aromatic N) is 8. The maximum absolute atomic E-state index is 16.6. The van der Waals surface area contributed by atoms with E-state index in [1.165, 1.54) is 67.7 Å². The quantitative estimate of drug-likeness (QED) is 0.0189. The minimum atomic E-state index is -5.29. The number of hydrogen-bond acceptors (Lipinski definition) is 26. The molecule has 0 radical (unpaired) electrons. The number of rotatable bonds is 35. The van der Waals surface area contributed by atoms with Crippen LogP contribution >= 0.6 is 47.4 Å². The highest BCUT2D eigenvalue weighted by atomic mass is 35.5. The highest BCUT2D eigenvalue weighted by Crippen LogP contribution is 2.59. The van der Waals surface area contributed by atoms with E-state index in [9.17, 15) is 29.2 Å². The molecular formula is C79H84Cl2N11O21P3. The number of fused-ring (bicyclic) bond motifs is 1. The summed E-state index contributed by atoms with van der Waals surface area (Å²) in [5.41, 5.74) is -1.50. The van der Waals surface area contributed by atoms with Gasteiger partial charge in [0.05, 0.1) is 75.6 Å². The van der Waals surface area contributed by atoms with E-state index in [4.69, 9.17) is 87.8 Å². The number of nitriles is 1. The SMILES string of the molecule is COc1ccc(C(OC[C@H]2O[C@@H](n3cnc4c(NC(=O)c5ccccc5)ncnc43)C[C@@H]2OP(=O)(OC[C@H]2O[C@@H](n3cc(C)c(=O)[nH]c3=O)C[C@@H]2OP(=O)(OC[C@H]2O[C@@H](n3cc(C)c(=O)[nH]c3=O)C[C@@H]2OP(OCCC#N)N(C(C)C)C(C)C)Oc2ccccc2Cl)Oc2ccccc2Cl)(c2ccccc2)c2ccc(OC)cc2)cc1. The zero-order valence-electron chi connectivity index (χ0n) is 64.1. The maximum Gasteiger partial charge on any atom is 0.530 e. The zero-order chi connectivity index (χ0) is 82.0. The fourth-order valence-electron chi connectivity index (χ4n) is 13.7. The molecule has 0 aliphatic carbocycles. The molecule has 32 nitrogen and oxygen atoms in total. The third kappa shape index (κ3) is 19.3. The Morgan fingerprint density at radius 2 is 1.08 bits per heavy atom. The summed E-state index contributed by atoms with van der Waals surface area (Å²) in [6.07, 6.45) is -7.03. The highest BCUT2D eigenvalue weighted by molar-refractivity contribution is 7.49. The van der Waals surface area contributed by atoms with Gasteiger partial charge < -0.3 is 51.8 Å². The second kappa shape index (κ2) is 37.4. The van der Waals surface area contributed by atoms with Crippen molar-refractivity contribution < 1.29 is 78.5 Å². The van der Waals surface area contributed by atoms with Crippen molar-refractivity contribution in [1.82, 2.24) is 43.3 Å². The number of aromatic nitrogens is 8. The molecule has 3 unspecified atom stereocenters. The minimum Gasteiger partial charge on any atom is -0.497 e. The summed E-state index contributed by atoms with van der Waals surface area (Å²) in [6.45, 7) is 8.83. The number of phosphoric ester groups is 2. The lowest BCUT2D eigenvalue weighted by Crippen LogP contribution is -2.38. The van der Waals surface area contributed by atoms with Gasteiger partial charge in [0.1, 0.15) is 84.1 Å². The largest absolute Gasteiger partial charge is 0.530 e. The smallest absolute Gasteiger partial charge is 0.497 e. The fourth-order valence-corrected chi connectivity index (χ4v) is 18.8. The van der Waals surface area contributed by atoms with E-state index in [1.807, 2.05) is 87.0 Å². The van der Waals surface area contributed by atoms with E-state index in [0.717, 1.165) is 4.57 Å². The van der Waals surface area contributed by atoms with Gasteiger partial charge in [-0.2, -0.15) is 5.26 Å². The molecule has 7 heterocycles. The summed E-state index contributed by atoms with van der Waals surface area (Å²) in [5, 5.41) is 12.4. The second-order valence-corrected chi connectivity index (χ2v) is 33.1. The van der Waals surface area contributed by atoms with Gasteiger partial charge in [0.2, 0.25) is 0 Å². The Hall–Kier alpha value is -9.58. The van der Waals surface area contributed by atoms with Crippen LogP contribution in [0.3, 0.4) is 0 Å². The van der Waals surface area contributed by atoms with E-state index in [-0.39, 0.29) is 94.2 Å². The molecule has 610 valence electrons. The number of benzene rings is 6. The van der Waals surface area contributed by atoms with Crippen molar-refractivity contribution in [1.29, 1.82) is 5.26 Å². The van der Waals surface area contributed by atoms with E-state index < -0.39 is 133 Å². The predicted octanol–water partition coefficient (Wildman–Crippen LogP) is 13.8. The van der Waals surface area contributed by atoms with Crippen LogP contribution in [-0.4, -0.2) is 139 Å². The van der Waals surface area contributed by atoms with Gasteiger partial charge in [-0.25, -0.2) is 38.3 Å². The first-order valence-corrected chi connectivity index (χ1v) is 41.8. The number of phosphoric acid groups is 2. The number of aromatic amines is 2. The summed E-state index contributed by atoms with van der Waals surface area (Å²) < 4.78 is 130. The number of aryl methyl sites for hydroxylation is 2. The van der Waals surface area contributed by atoms with Crippen LogP contribution < -0.4 is 46.3 Å². The molecule has 3 N–H and O–H groups in total. The highest BCUT2D eigenvalue weighted by Gasteiger charge is 2.51. The maximum atomic E-state index is 16.6. The molecule has 4 aromatic heterocycles. The zero-order valence-corrected chi connectivity index (χ0v) is 68.3. The van der Waals surface area contributed by atoms with Gasteiger partial charge in [0.25, 0.3) is 25.6 Å². The number of imidazole rings is 1. The molecule has 3 aliphatic heterocycles. The molecule has 13 rings (SSSR count). The van der Waals surface area contributed by atoms with Gasteiger partial charge in [0.15, 0.2) is 17.0 Å². The molecule has 6 aromatic carbocycles. The van der Waals surface area contributed by atoms with Crippen molar-refractivity contribution in [2.24, 2.45) is 0 Å². The van der Waals surface area contributed by atoms with Crippen molar-refractivity contribution in [2.75, 3.05) is 46.0 Å². The van der Waals surface area contributed by atoms with Crippen LogP contribution in [0.25, 0.3) is 11.2 Å². The number of methoxy groups -OCH3 is 2. The first-order chi connectivity index (χ1) is 55.8. The molecule has 0 spiro atoms. The number of hydrogen-bond donors (Lipinski definition) is 3. The average molecular weight is 1690 g/mol. The number of carbonyl (C=O) groups excluding carboxylic acids is 1. The van der Waals surface area contributed by atoms with Crippen LogP contribution in [0.5, 0.6) is 23.0 Å². The van der Waals surface area contributed by atoms with Gasteiger partial charge in [-0.1, -0.05) is 120 Å². The Bertz CT molecular complexity index is 5430. The Kier molecular flexibility index (Phi) is 27.2. The van der Waals surface area contributed by atoms with E-state index in [2.05, 4.69) is 36.3 Å².